The molecule has 0 saturated heterocycles. The summed E-state index contributed by atoms with van der Waals surface area (Å²) in [4.78, 5) is 47.7. The van der Waals surface area contributed by atoms with Gasteiger partial charge in [0.15, 0.2) is 5.78 Å². The largest absolute Gasteiger partial charge is 0.465 e. The van der Waals surface area contributed by atoms with Crippen LogP contribution in [0.15, 0.2) is 89.0 Å². The van der Waals surface area contributed by atoms with Crippen molar-refractivity contribution in [3.8, 4) is 0 Å². The van der Waals surface area contributed by atoms with E-state index in [0.29, 0.717) is 5.56 Å². The standard InChI is InChI=1S/C31H28F3N3O5S/c1-3-41-29(39)24-20(22-11-7-13-43-22)15-21-25(27(24)38)23(17-8-6-12-36-16-17)26(30(40)42-4-2)28(35)37(21)19-10-5-9-18(14-19)31(32,33)34/h5-14,16,20,23-24H,3-4,15,35H2,1-2H3. The third-order valence-electron chi connectivity index (χ3n) is 7.43. The van der Waals surface area contributed by atoms with E-state index in [4.69, 9.17) is 15.2 Å². The van der Waals surface area contributed by atoms with Gasteiger partial charge in [-0.1, -0.05) is 18.2 Å². The highest BCUT2D eigenvalue weighted by Gasteiger charge is 2.51. The first kappa shape index (κ1) is 30.0. The quantitative estimate of drug-likeness (QED) is 0.268. The van der Waals surface area contributed by atoms with E-state index in [-0.39, 0.29) is 48.0 Å². The number of carbonyl (C=O) groups is 3. The maximum Gasteiger partial charge on any atom is 0.416 e. The Bertz CT molecular complexity index is 1600. The molecule has 2 N–H and O–H groups in total. The van der Waals surface area contributed by atoms with Crippen molar-refractivity contribution < 1.29 is 37.0 Å². The normalized spacial score (nSPS) is 20.6. The Balaban J connectivity index is 1.82. The Morgan fingerprint density at radius 1 is 1.09 bits per heavy atom. The van der Waals surface area contributed by atoms with E-state index < -0.39 is 47.2 Å². The first-order valence-corrected chi connectivity index (χ1v) is 14.5. The second-order valence-corrected chi connectivity index (χ2v) is 10.9. The third kappa shape index (κ3) is 5.54. The fourth-order valence-corrected chi connectivity index (χ4v) is 6.57. The van der Waals surface area contributed by atoms with E-state index in [2.05, 4.69) is 4.98 Å². The molecule has 8 nitrogen and oxygen atoms in total. The number of nitrogens with zero attached hydrogens (tertiary/aromatic N) is 2. The summed E-state index contributed by atoms with van der Waals surface area (Å²) in [5.41, 5.74) is 6.38. The van der Waals surface area contributed by atoms with Gasteiger partial charge < -0.3 is 15.2 Å². The van der Waals surface area contributed by atoms with Gasteiger partial charge in [-0.3, -0.25) is 19.5 Å². The molecule has 0 bridgehead atoms. The Morgan fingerprint density at radius 3 is 2.49 bits per heavy atom. The molecule has 12 heteroatoms. The molecule has 3 atom stereocenters. The van der Waals surface area contributed by atoms with Crippen molar-refractivity contribution in [1.82, 2.24) is 4.98 Å². The van der Waals surface area contributed by atoms with E-state index in [1.54, 1.807) is 38.1 Å². The van der Waals surface area contributed by atoms with Crippen LogP contribution in [0.4, 0.5) is 18.9 Å². The molecule has 224 valence electrons. The lowest BCUT2D eigenvalue weighted by atomic mass is 9.68. The summed E-state index contributed by atoms with van der Waals surface area (Å²) in [5, 5.41) is 1.81. The number of esters is 2. The molecule has 0 amide bonds. The third-order valence-corrected chi connectivity index (χ3v) is 8.44. The number of thiophene rings is 1. The number of halogens is 3. The number of Topliss-reactive ketones (excluding diaryl/α,β-unsaturated/α-hetero) is 1. The SMILES string of the molecule is CCOC(=O)C1=C(N)N(c2cccc(C(F)(F)F)c2)C2=C(C(=O)C(C(=O)OCC)C(c3cccs3)C2)C1c1cccnc1. The van der Waals surface area contributed by atoms with Crippen molar-refractivity contribution in [1.29, 1.82) is 0 Å². The summed E-state index contributed by atoms with van der Waals surface area (Å²) in [6.07, 6.45) is -1.63. The number of nitrogens with two attached hydrogens (primary N) is 1. The molecular weight excluding hydrogens is 583 g/mol. The Hall–Kier alpha value is -4.45. The van der Waals surface area contributed by atoms with Crippen molar-refractivity contribution in [2.75, 3.05) is 18.1 Å². The molecule has 1 aromatic carbocycles. The molecule has 3 heterocycles. The van der Waals surface area contributed by atoms with Gasteiger partial charge in [0.25, 0.3) is 0 Å². The summed E-state index contributed by atoms with van der Waals surface area (Å²) >= 11 is 1.35. The highest BCUT2D eigenvalue weighted by molar-refractivity contribution is 7.10. The summed E-state index contributed by atoms with van der Waals surface area (Å²) in [6, 6.07) is 11.3. The number of hydrogen-bond donors (Lipinski definition) is 1. The maximum atomic E-state index is 14.6. The number of carbonyl (C=O) groups excluding carboxylic acids is 3. The van der Waals surface area contributed by atoms with Gasteiger partial charge in [0.2, 0.25) is 0 Å². The highest BCUT2D eigenvalue weighted by Crippen LogP contribution is 2.52. The van der Waals surface area contributed by atoms with Gasteiger partial charge in [0.05, 0.1) is 30.3 Å². The number of ether oxygens (including phenoxy) is 2. The fraction of sp³-hybridized carbons (Fsp3) is 0.290. The monoisotopic (exact) mass is 611 g/mol. The second kappa shape index (κ2) is 12.0. The van der Waals surface area contributed by atoms with Crippen molar-refractivity contribution in [3.05, 3.63) is 105 Å². The molecule has 43 heavy (non-hydrogen) atoms. The first-order valence-electron chi connectivity index (χ1n) is 13.6. The van der Waals surface area contributed by atoms with Gasteiger partial charge in [-0.15, -0.1) is 11.3 Å². The lowest BCUT2D eigenvalue weighted by molar-refractivity contribution is -0.152. The molecule has 3 unspecified atom stereocenters. The lowest BCUT2D eigenvalue weighted by Gasteiger charge is -2.43. The average Bonchev–Trinajstić information content (AvgIpc) is 3.52. The maximum absolute atomic E-state index is 14.6. The average molecular weight is 612 g/mol. The van der Waals surface area contributed by atoms with Gasteiger partial charge in [0, 0.05) is 40.1 Å². The molecule has 0 radical (unpaired) electrons. The molecule has 2 aromatic heterocycles. The first-order chi connectivity index (χ1) is 20.6. The van der Waals surface area contributed by atoms with Gasteiger partial charge in [-0.05, 0) is 61.5 Å². The number of hydrogen-bond acceptors (Lipinski definition) is 9. The van der Waals surface area contributed by atoms with Crippen LogP contribution < -0.4 is 10.6 Å². The lowest BCUT2D eigenvalue weighted by Crippen LogP contribution is -2.46. The van der Waals surface area contributed by atoms with Crippen LogP contribution in [0, 0.1) is 5.92 Å². The minimum Gasteiger partial charge on any atom is -0.465 e. The number of anilines is 1. The van der Waals surface area contributed by atoms with Crippen LogP contribution in [0.25, 0.3) is 0 Å². The summed E-state index contributed by atoms with van der Waals surface area (Å²) in [6.45, 7) is 3.24. The van der Waals surface area contributed by atoms with Crippen LogP contribution in [0.2, 0.25) is 0 Å². The Morgan fingerprint density at radius 2 is 1.86 bits per heavy atom. The van der Waals surface area contributed by atoms with Crippen molar-refractivity contribution in [3.63, 3.8) is 0 Å². The zero-order valence-corrected chi connectivity index (χ0v) is 24.1. The summed E-state index contributed by atoms with van der Waals surface area (Å²) in [7, 11) is 0. The molecule has 0 fully saturated rings. The van der Waals surface area contributed by atoms with Crippen molar-refractivity contribution in [2.45, 2.75) is 38.3 Å². The number of rotatable bonds is 7. The van der Waals surface area contributed by atoms with Gasteiger partial charge in [-0.2, -0.15) is 13.2 Å². The predicted octanol–water partition coefficient (Wildman–Crippen LogP) is 5.69. The van der Waals surface area contributed by atoms with Gasteiger partial charge in [0.1, 0.15) is 11.7 Å². The molecular formula is C31H28F3N3O5S. The summed E-state index contributed by atoms with van der Waals surface area (Å²) in [5.74, 6) is -5.42. The van der Waals surface area contributed by atoms with Crippen LogP contribution in [-0.4, -0.2) is 35.9 Å². The number of aromatic nitrogens is 1. The molecule has 3 aromatic rings. The minimum absolute atomic E-state index is 0.00132. The van der Waals surface area contributed by atoms with E-state index in [1.807, 2.05) is 5.38 Å². The Labute approximate surface area is 249 Å². The number of alkyl halides is 3. The van der Waals surface area contributed by atoms with E-state index in [1.165, 1.54) is 40.8 Å². The molecule has 2 aliphatic rings. The number of ketones is 1. The topological polar surface area (TPSA) is 112 Å². The molecule has 0 spiro atoms. The van der Waals surface area contributed by atoms with Crippen molar-refractivity contribution in [2.24, 2.45) is 11.7 Å². The summed E-state index contributed by atoms with van der Waals surface area (Å²) < 4.78 is 52.1. The van der Waals surface area contributed by atoms with Crippen LogP contribution in [0.1, 0.15) is 48.1 Å². The van der Waals surface area contributed by atoms with Crippen LogP contribution in [0.5, 0.6) is 0 Å². The molecule has 1 aliphatic carbocycles. The fourth-order valence-electron chi connectivity index (χ4n) is 5.71. The van der Waals surface area contributed by atoms with Gasteiger partial charge in [-0.25, -0.2) is 4.79 Å². The number of benzene rings is 1. The highest BCUT2D eigenvalue weighted by atomic mass is 32.1. The zero-order chi connectivity index (χ0) is 30.9. The van der Waals surface area contributed by atoms with Gasteiger partial charge >= 0.3 is 18.1 Å². The molecule has 0 saturated carbocycles. The van der Waals surface area contributed by atoms with E-state index >= 15 is 0 Å². The smallest absolute Gasteiger partial charge is 0.416 e. The van der Waals surface area contributed by atoms with Crippen molar-refractivity contribution >= 4 is 34.7 Å². The molecule has 5 rings (SSSR count). The van der Waals surface area contributed by atoms with Crippen LogP contribution in [0.3, 0.4) is 0 Å². The number of allylic oxidation sites excluding steroid dienone is 2. The predicted molar refractivity (Wildman–Crippen MR) is 153 cm³/mol. The Kier molecular flexibility index (Phi) is 8.41. The van der Waals surface area contributed by atoms with E-state index in [0.717, 1.165) is 17.0 Å². The number of pyridine rings is 1. The molecule has 1 aliphatic heterocycles. The second-order valence-electron chi connectivity index (χ2n) is 9.90. The zero-order valence-electron chi connectivity index (χ0n) is 23.3. The van der Waals surface area contributed by atoms with E-state index in [9.17, 15) is 27.6 Å². The van der Waals surface area contributed by atoms with Crippen LogP contribution in [-0.2, 0) is 30.0 Å². The minimum atomic E-state index is -4.67. The van der Waals surface area contributed by atoms with Crippen LogP contribution >= 0.6 is 11.3 Å².